The number of amides is 1. The van der Waals surface area contributed by atoms with Gasteiger partial charge in [-0.3, -0.25) is 15.0 Å². The molecule has 0 saturated heterocycles. The molecule has 0 fully saturated rings. The lowest BCUT2D eigenvalue weighted by Gasteiger charge is -2.28. The van der Waals surface area contributed by atoms with Crippen LogP contribution in [0.2, 0.25) is 0 Å². The summed E-state index contributed by atoms with van der Waals surface area (Å²) in [6.07, 6.45) is 3.86. The molecular weight excluding hydrogens is 608 g/mol. The molecule has 0 spiro atoms. The number of rotatable bonds is 10. The number of hydrogen-bond donors (Lipinski definition) is 1. The highest BCUT2D eigenvalue weighted by molar-refractivity contribution is 7.91. The first-order valence-corrected chi connectivity index (χ1v) is 16.1. The third-order valence-electron chi connectivity index (χ3n) is 6.13. The molecular formula is C33H38N6O6S. The molecule has 13 heteroatoms. The Hall–Kier alpha value is -4.75. The Balaban J connectivity index is 1.69. The number of sulfone groups is 1. The summed E-state index contributed by atoms with van der Waals surface area (Å²) in [4.78, 5) is 44.3. The zero-order chi connectivity index (χ0) is 33.5. The van der Waals surface area contributed by atoms with E-state index < -0.39 is 45.0 Å². The molecule has 1 unspecified atom stereocenters. The summed E-state index contributed by atoms with van der Waals surface area (Å²) < 4.78 is 38.9. The van der Waals surface area contributed by atoms with Gasteiger partial charge in [0, 0.05) is 30.7 Å². The molecule has 1 aromatic carbocycles. The van der Waals surface area contributed by atoms with Crippen LogP contribution in [0.5, 0.6) is 0 Å². The Labute approximate surface area is 269 Å². The second kappa shape index (κ2) is 14.1. The summed E-state index contributed by atoms with van der Waals surface area (Å²) in [6.45, 7) is 9.85. The van der Waals surface area contributed by atoms with Crippen molar-refractivity contribution in [3.8, 4) is 11.4 Å². The fourth-order valence-electron chi connectivity index (χ4n) is 4.23. The molecule has 0 bridgehead atoms. The SMILES string of the molecule is CC(C)(C)OC(=O)CN(C(=O)OC(C)(C)C)c1cccc(C(NCc2ccc(-c3ncccn3)cc2)S(=O)(=O)c2ccccn2)n1. The predicted molar refractivity (Wildman–Crippen MR) is 172 cm³/mol. The Morgan fingerprint density at radius 3 is 2.07 bits per heavy atom. The van der Waals surface area contributed by atoms with Crippen molar-refractivity contribution in [2.24, 2.45) is 0 Å². The molecule has 1 amide bonds. The summed E-state index contributed by atoms with van der Waals surface area (Å²) in [5, 5.41) is 1.58. The number of esters is 1. The van der Waals surface area contributed by atoms with Crippen LogP contribution in [0.1, 0.15) is 58.2 Å². The first-order chi connectivity index (χ1) is 21.6. The van der Waals surface area contributed by atoms with Crippen LogP contribution in [0.25, 0.3) is 11.4 Å². The highest BCUT2D eigenvalue weighted by Gasteiger charge is 2.33. The van der Waals surface area contributed by atoms with Gasteiger partial charge in [0.2, 0.25) is 9.84 Å². The molecule has 1 N–H and O–H groups in total. The van der Waals surface area contributed by atoms with Crippen molar-refractivity contribution in [3.05, 3.63) is 96.6 Å². The van der Waals surface area contributed by atoms with Crippen molar-refractivity contribution in [1.29, 1.82) is 0 Å². The van der Waals surface area contributed by atoms with E-state index in [1.54, 1.807) is 78.2 Å². The average Bonchev–Trinajstić information content (AvgIpc) is 2.99. The number of carbonyl (C=O) groups excluding carboxylic acids is 2. The summed E-state index contributed by atoms with van der Waals surface area (Å²) >= 11 is 0. The van der Waals surface area contributed by atoms with Crippen molar-refractivity contribution in [1.82, 2.24) is 25.3 Å². The minimum Gasteiger partial charge on any atom is -0.459 e. The summed E-state index contributed by atoms with van der Waals surface area (Å²) in [5.74, 6) is -0.113. The molecule has 0 aliphatic heterocycles. The Morgan fingerprint density at radius 1 is 0.804 bits per heavy atom. The third-order valence-corrected chi connectivity index (χ3v) is 7.98. The lowest BCUT2D eigenvalue weighted by molar-refractivity contribution is -0.153. The van der Waals surface area contributed by atoms with Crippen LogP contribution in [0.4, 0.5) is 10.6 Å². The number of benzene rings is 1. The Morgan fingerprint density at radius 2 is 1.46 bits per heavy atom. The van der Waals surface area contributed by atoms with E-state index >= 15 is 0 Å². The predicted octanol–water partition coefficient (Wildman–Crippen LogP) is 5.28. The van der Waals surface area contributed by atoms with Crippen molar-refractivity contribution in [3.63, 3.8) is 0 Å². The van der Waals surface area contributed by atoms with Crippen molar-refractivity contribution < 1.29 is 27.5 Å². The van der Waals surface area contributed by atoms with E-state index in [-0.39, 0.29) is 23.1 Å². The van der Waals surface area contributed by atoms with Gasteiger partial charge in [-0.25, -0.2) is 33.1 Å². The van der Waals surface area contributed by atoms with Gasteiger partial charge in [-0.05, 0) is 77.4 Å². The lowest BCUT2D eigenvalue weighted by atomic mass is 10.1. The molecule has 1 atom stereocenters. The number of anilines is 1. The monoisotopic (exact) mass is 646 g/mol. The molecule has 0 aliphatic carbocycles. The first kappa shape index (κ1) is 34.1. The van der Waals surface area contributed by atoms with E-state index in [9.17, 15) is 18.0 Å². The van der Waals surface area contributed by atoms with Gasteiger partial charge in [-0.2, -0.15) is 0 Å². The Bertz CT molecular complexity index is 1740. The van der Waals surface area contributed by atoms with Gasteiger partial charge in [-0.1, -0.05) is 36.4 Å². The zero-order valence-electron chi connectivity index (χ0n) is 26.7. The largest absolute Gasteiger partial charge is 0.459 e. The average molecular weight is 647 g/mol. The molecule has 3 aromatic heterocycles. The number of nitrogens with zero attached hydrogens (tertiary/aromatic N) is 5. The standard InChI is InChI=1S/C33H38N6O6S/c1-32(2,3)44-28(40)22-39(31(41)45-33(4,5)6)26-12-9-11-25(38-26)30(46(42,43)27-13-7-8-18-34-27)37-21-23-14-16-24(17-15-23)29-35-19-10-20-36-29/h7-20,30,37H,21-22H2,1-6H3. The Kier molecular flexibility index (Phi) is 10.5. The molecule has 12 nitrogen and oxygen atoms in total. The van der Waals surface area contributed by atoms with Crippen molar-refractivity contribution in [2.75, 3.05) is 11.4 Å². The fraction of sp³-hybridized carbons (Fsp3) is 0.333. The molecule has 242 valence electrons. The van der Waals surface area contributed by atoms with Crippen molar-refractivity contribution >= 4 is 27.7 Å². The maximum atomic E-state index is 14.0. The van der Waals surface area contributed by atoms with Crippen LogP contribution < -0.4 is 10.2 Å². The van der Waals surface area contributed by atoms with Crippen LogP contribution >= 0.6 is 0 Å². The molecule has 3 heterocycles. The molecule has 0 aliphatic rings. The number of carbonyl (C=O) groups is 2. The van der Waals surface area contributed by atoms with Crippen LogP contribution in [0.3, 0.4) is 0 Å². The number of ether oxygens (including phenoxy) is 2. The minimum absolute atomic E-state index is 0.00726. The van der Waals surface area contributed by atoms with E-state index in [2.05, 4.69) is 25.3 Å². The van der Waals surface area contributed by atoms with E-state index in [1.165, 1.54) is 24.4 Å². The third kappa shape index (κ3) is 9.38. The topological polar surface area (TPSA) is 154 Å². The maximum Gasteiger partial charge on any atom is 0.416 e. The van der Waals surface area contributed by atoms with Gasteiger partial charge in [0.05, 0.1) is 5.69 Å². The van der Waals surface area contributed by atoms with E-state index in [4.69, 9.17) is 9.47 Å². The van der Waals surface area contributed by atoms with Crippen LogP contribution in [0.15, 0.2) is 90.3 Å². The van der Waals surface area contributed by atoms with Gasteiger partial charge in [0.15, 0.2) is 16.2 Å². The maximum absolute atomic E-state index is 14.0. The van der Waals surface area contributed by atoms with E-state index in [0.717, 1.165) is 16.0 Å². The van der Waals surface area contributed by atoms with Gasteiger partial charge < -0.3 is 9.47 Å². The second-order valence-corrected chi connectivity index (χ2v) is 14.3. The van der Waals surface area contributed by atoms with Crippen LogP contribution in [-0.2, 0) is 30.7 Å². The number of aromatic nitrogens is 4. The number of hydrogen-bond acceptors (Lipinski definition) is 11. The number of pyridine rings is 2. The highest BCUT2D eigenvalue weighted by Crippen LogP contribution is 2.28. The summed E-state index contributed by atoms with van der Waals surface area (Å²) in [6, 6.07) is 18.3. The number of nitrogens with one attached hydrogen (secondary N) is 1. The minimum atomic E-state index is -4.15. The van der Waals surface area contributed by atoms with Crippen LogP contribution in [0, 0.1) is 0 Å². The smallest absolute Gasteiger partial charge is 0.416 e. The fourth-order valence-corrected chi connectivity index (χ4v) is 5.70. The van der Waals surface area contributed by atoms with Gasteiger partial charge in [-0.15, -0.1) is 0 Å². The quantitative estimate of drug-likeness (QED) is 0.224. The second-order valence-electron chi connectivity index (χ2n) is 12.3. The molecule has 46 heavy (non-hydrogen) atoms. The lowest BCUT2D eigenvalue weighted by Crippen LogP contribution is -2.42. The van der Waals surface area contributed by atoms with E-state index in [0.29, 0.717) is 5.82 Å². The molecule has 4 aromatic rings. The first-order valence-electron chi connectivity index (χ1n) is 14.6. The molecule has 0 saturated carbocycles. The van der Waals surface area contributed by atoms with Gasteiger partial charge >= 0.3 is 12.1 Å². The molecule has 4 rings (SSSR count). The highest BCUT2D eigenvalue weighted by atomic mass is 32.2. The van der Waals surface area contributed by atoms with E-state index in [1.807, 2.05) is 24.3 Å². The van der Waals surface area contributed by atoms with Gasteiger partial charge in [0.25, 0.3) is 0 Å². The van der Waals surface area contributed by atoms with Crippen LogP contribution in [-0.4, -0.2) is 58.2 Å². The molecule has 0 radical (unpaired) electrons. The van der Waals surface area contributed by atoms with Crippen molar-refractivity contribution in [2.45, 2.75) is 69.7 Å². The normalized spacial score (nSPS) is 12.7. The zero-order valence-corrected chi connectivity index (χ0v) is 27.5. The summed E-state index contributed by atoms with van der Waals surface area (Å²) in [5.41, 5.74) is -0.00401. The summed E-state index contributed by atoms with van der Waals surface area (Å²) in [7, 11) is -4.15. The van der Waals surface area contributed by atoms with Gasteiger partial charge in [0.1, 0.15) is 23.6 Å².